The van der Waals surface area contributed by atoms with E-state index in [0.29, 0.717) is 6.54 Å². The summed E-state index contributed by atoms with van der Waals surface area (Å²) in [5.74, 6) is 0.282. The first-order valence-corrected chi connectivity index (χ1v) is 6.76. The fraction of sp³-hybridized carbons (Fsp3) is 0.500. The van der Waals surface area contributed by atoms with Crippen molar-refractivity contribution in [2.24, 2.45) is 10.9 Å². The molecule has 1 unspecified atom stereocenters. The molecule has 19 heavy (non-hydrogen) atoms. The van der Waals surface area contributed by atoms with Crippen LogP contribution in [0.3, 0.4) is 0 Å². The van der Waals surface area contributed by atoms with Crippen molar-refractivity contribution in [3.8, 4) is 0 Å². The van der Waals surface area contributed by atoms with Gasteiger partial charge in [0.1, 0.15) is 17.7 Å². The lowest BCUT2D eigenvalue weighted by Crippen LogP contribution is -2.52. The highest BCUT2D eigenvalue weighted by Gasteiger charge is 2.46. The van der Waals surface area contributed by atoms with Crippen LogP contribution < -0.4 is 0 Å². The zero-order valence-corrected chi connectivity index (χ0v) is 12.0. The van der Waals surface area contributed by atoms with Crippen LogP contribution in [0.5, 0.6) is 0 Å². The largest absolute Gasteiger partial charge is 0.439 e. The van der Waals surface area contributed by atoms with Crippen LogP contribution in [-0.4, -0.2) is 32.9 Å². The Balaban J connectivity index is 2.52. The maximum Gasteiger partial charge on any atom is 0.439 e. The number of allylic oxidation sites excluding steroid dienone is 2. The van der Waals surface area contributed by atoms with Gasteiger partial charge in [-0.1, -0.05) is 20.8 Å². The summed E-state index contributed by atoms with van der Waals surface area (Å²) in [6.07, 6.45) is 7.48. The Kier molecular flexibility index (Phi) is 3.66. The molecular weight excluding hydrogens is 240 g/mol. The lowest BCUT2D eigenvalue weighted by Gasteiger charge is -2.30. The molecule has 1 aromatic heterocycles. The molecule has 0 N–H and O–H groups in total. The SMILES string of the molecule is CCC1=C(C(C)C)[N+](CC)(C(=O)n2ccnc2)C=N1. The van der Waals surface area contributed by atoms with Gasteiger partial charge in [0.2, 0.25) is 6.34 Å². The summed E-state index contributed by atoms with van der Waals surface area (Å²) in [5.41, 5.74) is 2.13. The number of hydrogen-bond acceptors (Lipinski definition) is 3. The van der Waals surface area contributed by atoms with Gasteiger partial charge in [0.05, 0.1) is 6.54 Å². The molecule has 2 rings (SSSR count). The maximum atomic E-state index is 12.8. The number of quaternary nitrogens is 1. The van der Waals surface area contributed by atoms with Gasteiger partial charge in [-0.05, 0) is 13.3 Å². The maximum absolute atomic E-state index is 12.8. The fourth-order valence-electron chi connectivity index (χ4n) is 2.71. The number of nitrogens with zero attached hydrogens (tertiary/aromatic N) is 4. The average molecular weight is 261 g/mol. The third kappa shape index (κ3) is 2.04. The molecule has 0 saturated heterocycles. The number of imidazole rings is 1. The van der Waals surface area contributed by atoms with Gasteiger partial charge < -0.3 is 0 Å². The van der Waals surface area contributed by atoms with E-state index in [-0.39, 0.29) is 16.4 Å². The number of rotatable bonds is 3. The van der Waals surface area contributed by atoms with Crippen molar-refractivity contribution in [1.82, 2.24) is 9.55 Å². The van der Waals surface area contributed by atoms with E-state index in [9.17, 15) is 4.79 Å². The minimum absolute atomic E-state index is 0.0177. The monoisotopic (exact) mass is 261 g/mol. The molecule has 0 aromatic carbocycles. The molecule has 0 radical (unpaired) electrons. The first-order chi connectivity index (χ1) is 9.06. The second kappa shape index (κ2) is 5.09. The summed E-state index contributed by atoms with van der Waals surface area (Å²) in [5, 5.41) is 0. The zero-order chi connectivity index (χ0) is 14.0. The second-order valence-electron chi connectivity index (χ2n) is 5.02. The van der Waals surface area contributed by atoms with Gasteiger partial charge in [0.25, 0.3) is 0 Å². The van der Waals surface area contributed by atoms with Crippen molar-refractivity contribution in [3.05, 3.63) is 30.1 Å². The van der Waals surface area contributed by atoms with Crippen molar-refractivity contribution in [2.45, 2.75) is 34.1 Å². The third-order valence-corrected chi connectivity index (χ3v) is 3.58. The first kappa shape index (κ1) is 13.7. The molecule has 0 aliphatic carbocycles. The van der Waals surface area contributed by atoms with E-state index < -0.39 is 0 Å². The Bertz CT molecular complexity index is 528. The molecule has 1 aromatic rings. The molecule has 1 aliphatic heterocycles. The second-order valence-corrected chi connectivity index (χ2v) is 5.02. The summed E-state index contributed by atoms with van der Waals surface area (Å²) in [7, 11) is 0. The normalized spacial score (nSPS) is 22.6. The number of hydrogen-bond donors (Lipinski definition) is 0. The molecule has 0 fully saturated rings. The molecule has 5 heteroatoms. The van der Waals surface area contributed by atoms with E-state index >= 15 is 0 Å². The van der Waals surface area contributed by atoms with E-state index in [1.54, 1.807) is 25.1 Å². The van der Waals surface area contributed by atoms with E-state index in [2.05, 4.69) is 30.7 Å². The molecule has 0 bridgehead atoms. The van der Waals surface area contributed by atoms with Crippen LogP contribution in [0.15, 0.2) is 35.1 Å². The van der Waals surface area contributed by atoms with Crippen molar-refractivity contribution < 1.29 is 9.28 Å². The zero-order valence-electron chi connectivity index (χ0n) is 12.0. The molecule has 1 amide bonds. The standard InChI is InChI=1S/C14H21N4O/c1-5-12-13(11(3)4)18(6-2,10-16-12)14(19)17-8-7-15-9-17/h7-11H,5-6H2,1-4H3/q+1. The van der Waals surface area contributed by atoms with Crippen LogP contribution >= 0.6 is 0 Å². The van der Waals surface area contributed by atoms with Crippen LogP contribution in [0.1, 0.15) is 34.1 Å². The highest BCUT2D eigenvalue weighted by Crippen LogP contribution is 2.34. The summed E-state index contributed by atoms with van der Waals surface area (Å²) in [6, 6.07) is -0.0177. The molecule has 0 saturated carbocycles. The molecule has 1 aliphatic rings. The lowest BCUT2D eigenvalue weighted by atomic mass is 10.0. The molecule has 5 nitrogen and oxygen atoms in total. The van der Waals surface area contributed by atoms with Crippen molar-refractivity contribution >= 4 is 12.4 Å². The van der Waals surface area contributed by atoms with Crippen LogP contribution in [0.2, 0.25) is 0 Å². The Hall–Kier alpha value is -1.75. The van der Waals surface area contributed by atoms with Gasteiger partial charge in [0.15, 0.2) is 0 Å². The van der Waals surface area contributed by atoms with Crippen LogP contribution in [0, 0.1) is 5.92 Å². The number of aliphatic imine (C=N–C) groups is 1. The summed E-state index contributed by atoms with van der Waals surface area (Å²) in [4.78, 5) is 21.3. The fourth-order valence-corrected chi connectivity index (χ4v) is 2.71. The summed E-state index contributed by atoms with van der Waals surface area (Å²) in [6.45, 7) is 8.98. The van der Waals surface area contributed by atoms with Gasteiger partial charge in [-0.15, -0.1) is 0 Å². The number of carbonyl (C=O) groups excluding carboxylic acids is 1. The van der Waals surface area contributed by atoms with Crippen molar-refractivity contribution in [1.29, 1.82) is 0 Å². The van der Waals surface area contributed by atoms with Gasteiger partial charge in [-0.2, -0.15) is 4.48 Å². The Morgan fingerprint density at radius 2 is 2.16 bits per heavy atom. The van der Waals surface area contributed by atoms with Crippen molar-refractivity contribution in [3.63, 3.8) is 0 Å². The van der Waals surface area contributed by atoms with Crippen LogP contribution in [-0.2, 0) is 0 Å². The Morgan fingerprint density at radius 1 is 1.42 bits per heavy atom. The van der Waals surface area contributed by atoms with E-state index in [0.717, 1.165) is 17.8 Å². The molecule has 0 spiro atoms. The minimum atomic E-state index is -0.0177. The topological polar surface area (TPSA) is 47.2 Å². The molecule has 2 heterocycles. The summed E-state index contributed by atoms with van der Waals surface area (Å²) >= 11 is 0. The van der Waals surface area contributed by atoms with Gasteiger partial charge in [-0.3, -0.25) is 0 Å². The van der Waals surface area contributed by atoms with Crippen molar-refractivity contribution in [2.75, 3.05) is 6.54 Å². The van der Waals surface area contributed by atoms with E-state index in [1.165, 1.54) is 4.57 Å². The molecular formula is C14H21N4O+. The van der Waals surface area contributed by atoms with Crippen LogP contribution in [0.25, 0.3) is 0 Å². The first-order valence-electron chi connectivity index (χ1n) is 6.76. The van der Waals surface area contributed by atoms with E-state index in [4.69, 9.17) is 0 Å². The quantitative estimate of drug-likeness (QED) is 0.785. The lowest BCUT2D eigenvalue weighted by molar-refractivity contribution is -0.709. The third-order valence-electron chi connectivity index (χ3n) is 3.58. The average Bonchev–Trinajstić information content (AvgIpc) is 3.05. The smallest absolute Gasteiger partial charge is 0.245 e. The van der Waals surface area contributed by atoms with Crippen LogP contribution in [0.4, 0.5) is 4.79 Å². The Morgan fingerprint density at radius 3 is 2.63 bits per heavy atom. The predicted molar refractivity (Wildman–Crippen MR) is 74.5 cm³/mol. The molecule has 1 atom stereocenters. The molecule has 102 valence electrons. The Labute approximate surface area is 113 Å². The van der Waals surface area contributed by atoms with Gasteiger partial charge in [0, 0.05) is 18.3 Å². The highest BCUT2D eigenvalue weighted by atomic mass is 16.2. The minimum Gasteiger partial charge on any atom is -0.245 e. The van der Waals surface area contributed by atoms with E-state index in [1.807, 2.05) is 6.92 Å². The number of amides is 1. The number of carbonyl (C=O) groups is 1. The summed E-state index contributed by atoms with van der Waals surface area (Å²) < 4.78 is 1.72. The highest BCUT2D eigenvalue weighted by molar-refractivity contribution is 5.81. The number of aromatic nitrogens is 2. The predicted octanol–water partition coefficient (Wildman–Crippen LogP) is 3.01. The van der Waals surface area contributed by atoms with Gasteiger partial charge in [-0.25, -0.2) is 19.3 Å². The van der Waals surface area contributed by atoms with Gasteiger partial charge >= 0.3 is 6.03 Å².